The van der Waals surface area contributed by atoms with E-state index in [-0.39, 0.29) is 17.1 Å². The quantitative estimate of drug-likeness (QED) is 0.605. The second-order valence-corrected chi connectivity index (χ2v) is 5.40. The first kappa shape index (κ1) is 18.9. The number of ether oxygens (including phenoxy) is 1. The van der Waals surface area contributed by atoms with Crippen molar-refractivity contribution in [2.45, 2.75) is 12.0 Å². The third-order valence-electron chi connectivity index (χ3n) is 2.69. The highest BCUT2D eigenvalue weighted by molar-refractivity contribution is 7.17. The molecule has 1 aromatic heterocycles. The molecule has 0 aliphatic heterocycles. The molecule has 0 aliphatic carbocycles. The predicted molar refractivity (Wildman–Crippen MR) is 83.6 cm³/mol. The van der Waals surface area contributed by atoms with Crippen LogP contribution in [0.5, 0.6) is 5.75 Å². The van der Waals surface area contributed by atoms with Gasteiger partial charge in [0, 0.05) is 11.9 Å². The molecule has 0 saturated heterocycles. The van der Waals surface area contributed by atoms with Crippen LogP contribution >= 0.6 is 9.24 Å². The Bertz CT molecular complexity index is 747. The van der Waals surface area contributed by atoms with Crippen molar-refractivity contribution in [1.29, 1.82) is 0 Å². The molecular weight excluding hydrogens is 368 g/mol. The number of hydrogen-bond acceptors (Lipinski definition) is 3. The summed E-state index contributed by atoms with van der Waals surface area (Å²) in [5.74, 6) is -3.56. The molecule has 0 fully saturated rings. The molecule has 1 aromatic carbocycles. The summed E-state index contributed by atoms with van der Waals surface area (Å²) >= 11 is 0. The number of rotatable bonds is 4. The summed E-state index contributed by atoms with van der Waals surface area (Å²) in [7, 11) is 1.21. The van der Waals surface area contributed by atoms with Crippen LogP contribution in [-0.2, 0) is 6.18 Å². The number of urea groups is 1. The van der Waals surface area contributed by atoms with E-state index in [0.717, 1.165) is 12.3 Å². The highest BCUT2D eigenvalue weighted by Gasteiger charge is 2.31. The van der Waals surface area contributed by atoms with Gasteiger partial charge in [-0.15, -0.1) is 0 Å². The van der Waals surface area contributed by atoms with Crippen LogP contribution in [0.3, 0.4) is 0 Å². The number of benzene rings is 1. The lowest BCUT2D eigenvalue weighted by Crippen LogP contribution is -2.20. The molecule has 2 rings (SSSR count). The molecule has 2 aromatic rings. The van der Waals surface area contributed by atoms with Gasteiger partial charge in [-0.2, -0.15) is 22.0 Å². The molecule has 0 saturated carbocycles. The lowest BCUT2D eigenvalue weighted by Gasteiger charge is -2.13. The highest BCUT2D eigenvalue weighted by Crippen LogP contribution is 2.30. The van der Waals surface area contributed by atoms with Gasteiger partial charge in [-0.25, -0.2) is 4.79 Å². The molecule has 0 radical (unpaired) electrons. The number of carbonyl (C=O) groups is 1. The Morgan fingerprint density at radius 2 is 1.60 bits per heavy atom. The predicted octanol–water partition coefficient (Wildman–Crippen LogP) is 4.55. The number of hydrogen-bond donors (Lipinski definition) is 2. The Morgan fingerprint density at radius 3 is 2.16 bits per heavy atom. The number of anilines is 2. The number of pyridine rings is 1. The first-order valence-electron chi connectivity index (χ1n) is 6.59. The van der Waals surface area contributed by atoms with Gasteiger partial charge >= 0.3 is 18.1 Å². The van der Waals surface area contributed by atoms with Gasteiger partial charge in [0.05, 0.1) is 17.4 Å². The summed E-state index contributed by atoms with van der Waals surface area (Å²) < 4.78 is 67.3. The molecule has 1 unspecified atom stereocenters. The standard InChI is InChI=1S/C14H11F5N3O2P/c15-13(16,17)8-5-10(7-20-6-8)22-12(23)21-9-1-3-11(4-2-9)24-14(18,19)25/h1-7H,25H2,(H2,21,22,23). The fraction of sp³-hybridized carbons (Fsp3) is 0.143. The summed E-state index contributed by atoms with van der Waals surface area (Å²) in [5.41, 5.74) is -0.947. The number of halogens is 5. The average molecular weight is 379 g/mol. The van der Waals surface area contributed by atoms with Gasteiger partial charge in [0.15, 0.2) is 0 Å². The Hall–Kier alpha value is -2.48. The topological polar surface area (TPSA) is 63.2 Å². The molecule has 134 valence electrons. The summed E-state index contributed by atoms with van der Waals surface area (Å²) in [6.45, 7) is 0. The molecule has 11 heteroatoms. The van der Waals surface area contributed by atoms with Gasteiger partial charge in [-0.05, 0) is 39.6 Å². The monoisotopic (exact) mass is 379 g/mol. The van der Waals surface area contributed by atoms with E-state index in [1.54, 1.807) is 0 Å². The summed E-state index contributed by atoms with van der Waals surface area (Å²) in [6, 6.07) is 4.86. The average Bonchev–Trinajstić information content (AvgIpc) is 2.47. The van der Waals surface area contributed by atoms with Gasteiger partial charge in [-0.1, -0.05) is 0 Å². The number of carbonyl (C=O) groups excluding carboxylic acids is 1. The second-order valence-electron chi connectivity index (χ2n) is 4.73. The Kier molecular flexibility index (Phi) is 5.42. The fourth-order valence-corrected chi connectivity index (χ4v) is 1.86. The van der Waals surface area contributed by atoms with Crippen molar-refractivity contribution in [2.24, 2.45) is 0 Å². The van der Waals surface area contributed by atoms with Crippen molar-refractivity contribution in [2.75, 3.05) is 10.6 Å². The molecule has 0 aliphatic rings. The number of amides is 2. The molecule has 1 heterocycles. The molecular formula is C14H11F5N3O2P. The van der Waals surface area contributed by atoms with Crippen molar-refractivity contribution < 1.29 is 31.5 Å². The maximum absolute atomic E-state index is 12.7. The molecule has 1 atom stereocenters. The van der Waals surface area contributed by atoms with E-state index in [1.165, 1.54) is 33.5 Å². The van der Waals surface area contributed by atoms with E-state index in [1.807, 2.05) is 0 Å². The van der Waals surface area contributed by atoms with Crippen LogP contribution in [0.4, 0.5) is 38.1 Å². The Labute approximate surface area is 140 Å². The minimum atomic E-state index is -4.59. The fourth-order valence-electron chi connectivity index (χ4n) is 1.72. The number of nitrogens with zero attached hydrogens (tertiary/aromatic N) is 1. The van der Waals surface area contributed by atoms with E-state index < -0.39 is 23.6 Å². The van der Waals surface area contributed by atoms with E-state index in [0.29, 0.717) is 6.20 Å². The van der Waals surface area contributed by atoms with Crippen LogP contribution in [-0.4, -0.2) is 16.9 Å². The second kappa shape index (κ2) is 7.18. The first-order valence-corrected chi connectivity index (χ1v) is 7.17. The largest absolute Gasteiger partial charge is 0.430 e. The zero-order valence-corrected chi connectivity index (χ0v) is 13.4. The Balaban J connectivity index is 1.99. The van der Waals surface area contributed by atoms with Crippen LogP contribution in [0.2, 0.25) is 0 Å². The molecule has 2 N–H and O–H groups in total. The molecule has 0 spiro atoms. The van der Waals surface area contributed by atoms with Crippen molar-refractivity contribution in [3.05, 3.63) is 48.3 Å². The van der Waals surface area contributed by atoms with Gasteiger partial charge in [0.25, 0.3) is 0 Å². The SMILES string of the molecule is O=C(Nc1ccc(OC(F)(F)P)cc1)Nc1cncc(C(F)(F)F)c1. The zero-order valence-electron chi connectivity index (χ0n) is 12.3. The normalized spacial score (nSPS) is 11.8. The maximum atomic E-state index is 12.7. The van der Waals surface area contributed by atoms with Crippen molar-refractivity contribution >= 4 is 26.6 Å². The van der Waals surface area contributed by atoms with Crippen LogP contribution in [0.25, 0.3) is 0 Å². The summed E-state index contributed by atoms with van der Waals surface area (Å²) in [5, 5.41) is 4.52. The van der Waals surface area contributed by atoms with Gasteiger partial charge < -0.3 is 15.4 Å². The number of aromatic nitrogens is 1. The van der Waals surface area contributed by atoms with Gasteiger partial charge in [-0.3, -0.25) is 4.98 Å². The van der Waals surface area contributed by atoms with E-state index >= 15 is 0 Å². The Morgan fingerprint density at radius 1 is 1.00 bits per heavy atom. The summed E-state index contributed by atoms with van der Waals surface area (Å²) in [4.78, 5) is 15.2. The number of alkyl halides is 5. The molecule has 0 bridgehead atoms. The molecule has 2 amide bonds. The lowest BCUT2D eigenvalue weighted by atomic mass is 10.2. The smallest absolute Gasteiger partial charge is 0.417 e. The van der Waals surface area contributed by atoms with Gasteiger partial charge in [0.2, 0.25) is 0 Å². The minimum Gasteiger partial charge on any atom is -0.430 e. The lowest BCUT2D eigenvalue weighted by molar-refractivity contribution is -0.137. The first-order chi connectivity index (χ1) is 11.5. The maximum Gasteiger partial charge on any atom is 0.417 e. The highest BCUT2D eigenvalue weighted by atomic mass is 31.0. The van der Waals surface area contributed by atoms with Crippen LogP contribution in [0, 0.1) is 0 Å². The summed E-state index contributed by atoms with van der Waals surface area (Å²) in [6.07, 6.45) is -2.91. The molecule has 25 heavy (non-hydrogen) atoms. The zero-order chi connectivity index (χ0) is 18.7. The van der Waals surface area contributed by atoms with Crippen molar-refractivity contribution in [1.82, 2.24) is 4.98 Å². The minimum absolute atomic E-state index is 0.131. The van der Waals surface area contributed by atoms with Crippen molar-refractivity contribution in [3.8, 4) is 5.75 Å². The van der Waals surface area contributed by atoms with Crippen molar-refractivity contribution in [3.63, 3.8) is 0 Å². The van der Waals surface area contributed by atoms with Crippen LogP contribution in [0.1, 0.15) is 5.56 Å². The van der Waals surface area contributed by atoms with E-state index in [4.69, 9.17) is 0 Å². The number of nitrogens with one attached hydrogen (secondary N) is 2. The van der Waals surface area contributed by atoms with E-state index in [9.17, 15) is 26.7 Å². The van der Waals surface area contributed by atoms with Crippen LogP contribution < -0.4 is 15.4 Å². The third kappa shape index (κ3) is 6.15. The third-order valence-corrected chi connectivity index (χ3v) is 2.81. The molecule has 5 nitrogen and oxygen atoms in total. The van der Waals surface area contributed by atoms with E-state index in [2.05, 4.69) is 20.4 Å². The van der Waals surface area contributed by atoms with Crippen LogP contribution in [0.15, 0.2) is 42.7 Å². The van der Waals surface area contributed by atoms with Gasteiger partial charge in [0.1, 0.15) is 5.75 Å².